The van der Waals surface area contributed by atoms with Gasteiger partial charge in [-0.15, -0.1) is 8.76 Å². The summed E-state index contributed by atoms with van der Waals surface area (Å²) in [6, 6.07) is -0.114. The van der Waals surface area contributed by atoms with Crippen molar-refractivity contribution in [2.45, 2.75) is 26.8 Å². The van der Waals surface area contributed by atoms with Gasteiger partial charge >= 0.3 is 22.1 Å². The minimum absolute atomic E-state index is 0.114. The van der Waals surface area contributed by atoms with Crippen LogP contribution in [0.2, 0.25) is 0 Å². The lowest BCUT2D eigenvalue weighted by Gasteiger charge is -2.30. The molecule has 0 N–H and O–H groups in total. The molecule has 1 atom stereocenters. The molecule has 0 aromatic heterocycles. The Bertz CT molecular complexity index is 698. The van der Waals surface area contributed by atoms with Crippen LogP contribution in [0.15, 0.2) is 13.8 Å². The molecule has 2 aliphatic rings. The topological polar surface area (TPSA) is 83.7 Å². The van der Waals surface area contributed by atoms with Crippen molar-refractivity contribution >= 4 is 97.6 Å². The van der Waals surface area contributed by atoms with Crippen LogP contribution in [0.25, 0.3) is 0 Å². The van der Waals surface area contributed by atoms with Gasteiger partial charge in [0.25, 0.3) is 7.59 Å². The van der Waals surface area contributed by atoms with Crippen LogP contribution in [-0.4, -0.2) is 47.5 Å². The van der Waals surface area contributed by atoms with Crippen LogP contribution >= 0.6 is 69.6 Å². The largest absolute Gasteiger partial charge is 0.342 e. The van der Waals surface area contributed by atoms with Gasteiger partial charge in [0.2, 0.25) is 0 Å². The Labute approximate surface area is 168 Å². The van der Waals surface area contributed by atoms with E-state index < -0.39 is 29.5 Å². The Morgan fingerprint density at radius 1 is 1.12 bits per heavy atom. The van der Waals surface area contributed by atoms with Gasteiger partial charge in [0.05, 0.1) is 0 Å². The Hall–Kier alpha value is 0.300. The normalized spacial score (nSPS) is 25.5. The van der Waals surface area contributed by atoms with E-state index in [1.54, 1.807) is 4.90 Å². The fraction of sp³-hybridized carbons (Fsp3) is 0.700. The monoisotopic (exact) mass is 476 g/mol. The molecule has 0 aliphatic carbocycles. The first-order valence-electron chi connectivity index (χ1n) is 6.49. The van der Waals surface area contributed by atoms with Crippen molar-refractivity contribution in [1.29, 1.82) is 0 Å². The van der Waals surface area contributed by atoms with Gasteiger partial charge in [0.1, 0.15) is 0 Å². The van der Waals surface area contributed by atoms with E-state index in [4.69, 9.17) is 73.8 Å². The number of amides is 1. The summed E-state index contributed by atoms with van der Waals surface area (Å²) in [6.07, 6.45) is 2.77. The average Bonchev–Trinajstić information content (AvgIpc) is 2.45. The number of alkyl halides is 6. The number of amidine groups is 2. The summed E-state index contributed by atoms with van der Waals surface area (Å²) in [7, 11) is -4.02. The second-order valence-corrected chi connectivity index (χ2v) is 10.8. The highest BCUT2D eigenvalue weighted by Gasteiger charge is 2.39. The van der Waals surface area contributed by atoms with Crippen molar-refractivity contribution in [2.75, 3.05) is 13.1 Å². The minimum Gasteiger partial charge on any atom is -0.342 e. The zero-order chi connectivity index (χ0) is 18.2. The van der Waals surface area contributed by atoms with Crippen LogP contribution in [0.5, 0.6) is 0 Å². The van der Waals surface area contributed by atoms with Crippen LogP contribution in [0.4, 0.5) is 0 Å². The molecule has 0 aromatic carbocycles. The number of hydrogen-bond acceptors (Lipinski definition) is 5. The van der Waals surface area contributed by atoms with Crippen LogP contribution in [-0.2, 0) is 19.2 Å². The predicted octanol–water partition coefficient (Wildman–Crippen LogP) is 3.82. The van der Waals surface area contributed by atoms with Crippen molar-refractivity contribution in [3.8, 4) is 0 Å². The van der Waals surface area contributed by atoms with Crippen molar-refractivity contribution in [1.82, 2.24) is 4.90 Å². The van der Waals surface area contributed by atoms with Crippen LogP contribution in [0.3, 0.4) is 0 Å². The Balaban J connectivity index is 2.46. The zero-order valence-electron chi connectivity index (χ0n) is 11.7. The molecule has 7 nitrogen and oxygen atoms in total. The molecule has 1 fully saturated rings. The fourth-order valence-electron chi connectivity index (χ4n) is 1.87. The first kappa shape index (κ1) is 20.6. The van der Waals surface area contributed by atoms with E-state index in [-0.39, 0.29) is 6.02 Å². The van der Waals surface area contributed by atoms with Crippen LogP contribution in [0.1, 0.15) is 19.3 Å². The number of carbonyl (C=O) groups excluding carboxylic acids is 1. The van der Waals surface area contributed by atoms with E-state index >= 15 is 0 Å². The van der Waals surface area contributed by atoms with Crippen molar-refractivity contribution < 1.29 is 13.2 Å². The first-order valence-corrected chi connectivity index (χ1v) is 10.2. The van der Waals surface area contributed by atoms with Gasteiger partial charge < -0.3 is 9.08 Å². The van der Waals surface area contributed by atoms with Gasteiger partial charge in [-0.25, -0.2) is 0 Å². The molecular formula is C10H10Cl6N4O3S. The zero-order valence-corrected chi connectivity index (χ0v) is 17.1. The molecule has 0 bridgehead atoms. The maximum absolute atomic E-state index is 12.7. The number of likely N-dealkylation sites (tertiary alicyclic amines) is 1. The highest BCUT2D eigenvalue weighted by atomic mass is 35.6. The van der Waals surface area contributed by atoms with Gasteiger partial charge in [-0.2, -0.15) is 9.20 Å². The van der Waals surface area contributed by atoms with E-state index in [0.29, 0.717) is 13.1 Å². The predicted molar refractivity (Wildman–Crippen MR) is 97.5 cm³/mol. The lowest BCUT2D eigenvalue weighted by Crippen LogP contribution is -2.41. The SMILES string of the molecule is O=C(N=S1(=O)N=C(C(Cl)(Cl)Cl)N=C(N2CCCCC2)O1)C(Cl)(Cl)Cl. The van der Waals surface area contributed by atoms with Gasteiger partial charge in [0.15, 0.2) is 5.84 Å². The average molecular weight is 479 g/mol. The van der Waals surface area contributed by atoms with Crippen LogP contribution in [0, 0.1) is 0 Å². The van der Waals surface area contributed by atoms with E-state index in [0.717, 1.165) is 19.3 Å². The maximum Gasteiger partial charge on any atom is 0.333 e. The minimum atomic E-state index is -4.02. The third kappa shape index (κ3) is 5.40. The van der Waals surface area contributed by atoms with Crippen molar-refractivity contribution in [3.63, 3.8) is 0 Å². The number of halogens is 6. The summed E-state index contributed by atoms with van der Waals surface area (Å²) in [5, 5.41) is 0. The number of carbonyl (C=O) groups is 1. The van der Waals surface area contributed by atoms with Gasteiger partial charge in [0, 0.05) is 13.1 Å². The summed E-state index contributed by atoms with van der Waals surface area (Å²) in [6.45, 7) is 1.17. The second-order valence-electron chi connectivity index (χ2n) is 4.78. The summed E-state index contributed by atoms with van der Waals surface area (Å²) >= 11 is 33.5. The quantitative estimate of drug-likeness (QED) is 0.495. The molecule has 0 aromatic rings. The molecule has 1 amide bonds. The molecule has 136 valence electrons. The lowest BCUT2D eigenvalue weighted by molar-refractivity contribution is -0.116. The standard InChI is InChI=1S/C10H10Cl6N4O3S/c11-9(12,13)6-17-8(20-4-2-1-3-5-20)23-24(22,18-6)19-7(21)10(14,15)16/h1-5H2. The third-order valence-corrected chi connectivity index (χ3v) is 5.07. The summed E-state index contributed by atoms with van der Waals surface area (Å²) in [5.74, 6) is -1.77. The second kappa shape index (κ2) is 7.50. The Morgan fingerprint density at radius 2 is 1.71 bits per heavy atom. The Kier molecular flexibility index (Phi) is 6.44. The smallest absolute Gasteiger partial charge is 0.333 e. The van der Waals surface area contributed by atoms with E-state index in [9.17, 15) is 9.00 Å². The lowest BCUT2D eigenvalue weighted by atomic mass is 10.1. The van der Waals surface area contributed by atoms with E-state index in [1.165, 1.54) is 0 Å². The molecule has 2 aliphatic heterocycles. The summed E-state index contributed by atoms with van der Waals surface area (Å²) in [5.41, 5.74) is 0. The molecule has 14 heteroatoms. The number of nitrogens with zero attached hydrogens (tertiary/aromatic N) is 4. The molecule has 0 spiro atoms. The number of hydrogen-bond donors (Lipinski definition) is 0. The highest BCUT2D eigenvalue weighted by Crippen LogP contribution is 2.33. The molecule has 1 saturated heterocycles. The van der Waals surface area contributed by atoms with Gasteiger partial charge in [-0.1, -0.05) is 69.6 Å². The first-order chi connectivity index (χ1) is 10.9. The Morgan fingerprint density at radius 3 is 2.21 bits per heavy atom. The molecule has 24 heavy (non-hydrogen) atoms. The molecular weight excluding hydrogens is 469 g/mol. The summed E-state index contributed by atoms with van der Waals surface area (Å²) < 4.78 is 20.1. The van der Waals surface area contributed by atoms with Gasteiger partial charge in [-0.05, 0) is 19.3 Å². The number of rotatable bonds is 0. The maximum atomic E-state index is 12.7. The van der Waals surface area contributed by atoms with Crippen molar-refractivity contribution in [2.24, 2.45) is 13.8 Å². The molecule has 2 heterocycles. The molecule has 0 saturated carbocycles. The summed E-state index contributed by atoms with van der Waals surface area (Å²) in [4.78, 5) is 17.4. The third-order valence-electron chi connectivity index (χ3n) is 2.91. The van der Waals surface area contributed by atoms with E-state index in [2.05, 4.69) is 13.8 Å². The number of piperidine rings is 1. The number of aliphatic imine (C=N–C) groups is 1. The van der Waals surface area contributed by atoms with Crippen molar-refractivity contribution in [3.05, 3.63) is 0 Å². The molecule has 1 unspecified atom stereocenters. The fourth-order valence-corrected chi connectivity index (χ4v) is 3.75. The van der Waals surface area contributed by atoms with E-state index in [1.807, 2.05) is 0 Å². The highest BCUT2D eigenvalue weighted by molar-refractivity contribution is 7.88. The van der Waals surface area contributed by atoms with Crippen LogP contribution < -0.4 is 0 Å². The molecule has 0 radical (unpaired) electrons. The van der Waals surface area contributed by atoms with Gasteiger partial charge in [-0.3, -0.25) is 4.79 Å². The molecule has 2 rings (SSSR count).